The molecule has 0 aliphatic carbocycles. The Kier molecular flexibility index (Phi) is 6.82. The lowest BCUT2D eigenvalue weighted by atomic mass is 10.2. The maximum atomic E-state index is 12.5. The van der Waals surface area contributed by atoms with E-state index in [0.29, 0.717) is 11.3 Å². The van der Waals surface area contributed by atoms with E-state index in [2.05, 4.69) is 43.6 Å². The first-order valence-electron chi connectivity index (χ1n) is 8.82. The molecule has 2 N–H and O–H groups in total. The molecule has 1 saturated heterocycles. The van der Waals surface area contributed by atoms with Gasteiger partial charge in [-0.1, -0.05) is 28.1 Å². The highest BCUT2D eigenvalue weighted by Gasteiger charge is 2.15. The van der Waals surface area contributed by atoms with Crippen LogP contribution in [0.1, 0.15) is 28.8 Å². The summed E-state index contributed by atoms with van der Waals surface area (Å²) in [6, 6.07) is 13.4. The third kappa shape index (κ3) is 5.51. The van der Waals surface area contributed by atoms with Crippen molar-refractivity contribution in [2.45, 2.75) is 19.4 Å². The Hall–Kier alpha value is -1.96. The molecule has 142 valence electrons. The first-order chi connectivity index (χ1) is 13.0. The number of anilines is 1. The smallest absolute Gasteiger partial charge is 0.261 e. The number of hydrogen-bond donors (Lipinski definition) is 2. The van der Waals surface area contributed by atoms with E-state index < -0.39 is 0 Å². The van der Waals surface area contributed by atoms with Crippen molar-refractivity contribution < 1.29 is 9.53 Å². The molecule has 5 nitrogen and oxygen atoms in total. The van der Waals surface area contributed by atoms with E-state index in [1.54, 1.807) is 12.1 Å². The highest BCUT2D eigenvalue weighted by molar-refractivity contribution is 9.10. The number of methoxy groups -OCH3 is 1. The number of nitrogens with one attached hydrogen (secondary N) is 2. The largest absolute Gasteiger partial charge is 0.496 e. The molecule has 1 heterocycles. The Morgan fingerprint density at radius 3 is 2.56 bits per heavy atom. The number of ether oxygens (including phenoxy) is 1. The number of halogens is 1. The van der Waals surface area contributed by atoms with E-state index in [9.17, 15) is 4.79 Å². The van der Waals surface area contributed by atoms with Crippen LogP contribution in [0.25, 0.3) is 0 Å². The standard InChI is InChI=1S/C20H22BrN3O2S/c1-26-18-9-6-15(21)12-17(18)19(25)23-20(27)22-16-7-4-14(5-8-16)13-24-10-2-3-11-24/h4-9,12H,2-3,10-11,13H2,1H3,(H2,22,23,25,27). The Morgan fingerprint density at radius 1 is 1.19 bits per heavy atom. The van der Waals surface area contributed by atoms with Gasteiger partial charge in [0, 0.05) is 16.7 Å². The average Bonchev–Trinajstić information content (AvgIpc) is 3.16. The average molecular weight is 448 g/mol. The molecule has 0 aromatic heterocycles. The van der Waals surface area contributed by atoms with Gasteiger partial charge in [0.25, 0.3) is 5.91 Å². The lowest BCUT2D eigenvalue weighted by Crippen LogP contribution is -2.34. The minimum Gasteiger partial charge on any atom is -0.496 e. The summed E-state index contributed by atoms with van der Waals surface area (Å²) >= 11 is 8.63. The molecule has 27 heavy (non-hydrogen) atoms. The van der Waals surface area contributed by atoms with Crippen molar-refractivity contribution in [1.82, 2.24) is 10.2 Å². The van der Waals surface area contributed by atoms with E-state index in [1.165, 1.54) is 38.6 Å². The SMILES string of the molecule is COc1ccc(Br)cc1C(=O)NC(=S)Nc1ccc(CN2CCCC2)cc1. The first kappa shape index (κ1) is 19.8. The van der Waals surface area contributed by atoms with Gasteiger partial charge in [0.2, 0.25) is 0 Å². The summed E-state index contributed by atoms with van der Waals surface area (Å²) in [5.41, 5.74) is 2.53. The van der Waals surface area contributed by atoms with Crippen molar-refractivity contribution in [2.75, 3.05) is 25.5 Å². The molecule has 3 rings (SSSR count). The number of nitrogens with zero attached hydrogens (tertiary/aromatic N) is 1. The second kappa shape index (κ2) is 9.30. The maximum Gasteiger partial charge on any atom is 0.261 e. The molecule has 1 amide bonds. The molecule has 1 fully saturated rings. The Morgan fingerprint density at radius 2 is 1.89 bits per heavy atom. The van der Waals surface area contributed by atoms with Crippen LogP contribution >= 0.6 is 28.1 Å². The van der Waals surface area contributed by atoms with Gasteiger partial charge in [0.05, 0.1) is 12.7 Å². The Labute approximate surface area is 173 Å². The van der Waals surface area contributed by atoms with Crippen LogP contribution in [0.2, 0.25) is 0 Å². The Bertz CT molecular complexity index is 820. The lowest BCUT2D eigenvalue weighted by molar-refractivity contribution is 0.0974. The second-order valence-electron chi connectivity index (χ2n) is 6.43. The molecule has 7 heteroatoms. The third-order valence-corrected chi connectivity index (χ3v) is 5.15. The van der Waals surface area contributed by atoms with Crippen LogP contribution in [0.3, 0.4) is 0 Å². The van der Waals surface area contributed by atoms with Gasteiger partial charge in [-0.3, -0.25) is 15.0 Å². The number of hydrogen-bond acceptors (Lipinski definition) is 4. The normalized spacial score (nSPS) is 14.0. The number of carbonyl (C=O) groups excluding carboxylic acids is 1. The van der Waals surface area contributed by atoms with Gasteiger partial charge in [-0.15, -0.1) is 0 Å². The van der Waals surface area contributed by atoms with Gasteiger partial charge in [0.15, 0.2) is 5.11 Å². The fraction of sp³-hybridized carbons (Fsp3) is 0.300. The van der Waals surface area contributed by atoms with Crippen LogP contribution in [-0.4, -0.2) is 36.1 Å². The van der Waals surface area contributed by atoms with Crippen LogP contribution in [0.15, 0.2) is 46.9 Å². The molecule has 0 atom stereocenters. The molecule has 1 aliphatic rings. The minimum absolute atomic E-state index is 0.245. The van der Waals surface area contributed by atoms with E-state index in [4.69, 9.17) is 17.0 Å². The molecule has 2 aromatic rings. The summed E-state index contributed by atoms with van der Waals surface area (Å²) in [5.74, 6) is 0.168. The van der Waals surface area contributed by atoms with Crippen LogP contribution in [0, 0.1) is 0 Å². The fourth-order valence-electron chi connectivity index (χ4n) is 3.08. The van der Waals surface area contributed by atoms with E-state index in [-0.39, 0.29) is 11.0 Å². The second-order valence-corrected chi connectivity index (χ2v) is 7.76. The summed E-state index contributed by atoms with van der Waals surface area (Å²) in [5, 5.41) is 5.99. The zero-order valence-electron chi connectivity index (χ0n) is 15.1. The molecule has 0 spiro atoms. The molecule has 0 bridgehead atoms. The predicted molar refractivity (Wildman–Crippen MR) is 115 cm³/mol. The van der Waals surface area contributed by atoms with Gasteiger partial charge >= 0.3 is 0 Å². The summed E-state index contributed by atoms with van der Waals surface area (Å²) in [6.07, 6.45) is 2.58. The Balaban J connectivity index is 1.57. The molecule has 0 saturated carbocycles. The van der Waals surface area contributed by atoms with Crippen LogP contribution < -0.4 is 15.4 Å². The highest BCUT2D eigenvalue weighted by atomic mass is 79.9. The number of likely N-dealkylation sites (tertiary alicyclic amines) is 1. The molecular formula is C20H22BrN3O2S. The number of rotatable bonds is 5. The quantitative estimate of drug-likeness (QED) is 0.673. The number of carbonyl (C=O) groups is 1. The van der Waals surface area contributed by atoms with Crippen molar-refractivity contribution in [3.8, 4) is 5.75 Å². The zero-order chi connectivity index (χ0) is 19.2. The summed E-state index contributed by atoms with van der Waals surface area (Å²) in [6.45, 7) is 3.33. The van der Waals surface area contributed by atoms with Crippen molar-refractivity contribution in [3.63, 3.8) is 0 Å². The van der Waals surface area contributed by atoms with Gasteiger partial charge in [-0.05, 0) is 74.0 Å². The van der Waals surface area contributed by atoms with Gasteiger partial charge < -0.3 is 10.1 Å². The number of amides is 1. The predicted octanol–water partition coefficient (Wildman–Crippen LogP) is 4.18. The monoisotopic (exact) mass is 447 g/mol. The maximum absolute atomic E-state index is 12.5. The third-order valence-electron chi connectivity index (χ3n) is 4.45. The number of benzene rings is 2. The van der Waals surface area contributed by atoms with Gasteiger partial charge in [0.1, 0.15) is 5.75 Å². The molecule has 0 unspecified atom stereocenters. The highest BCUT2D eigenvalue weighted by Crippen LogP contribution is 2.23. The van der Waals surface area contributed by atoms with Crippen LogP contribution in [0.5, 0.6) is 5.75 Å². The zero-order valence-corrected chi connectivity index (χ0v) is 17.5. The van der Waals surface area contributed by atoms with E-state index in [1.807, 2.05) is 18.2 Å². The van der Waals surface area contributed by atoms with Crippen molar-refractivity contribution >= 4 is 44.9 Å². The number of thiocarbonyl (C=S) groups is 1. The molecule has 0 radical (unpaired) electrons. The van der Waals surface area contributed by atoms with Crippen molar-refractivity contribution in [3.05, 3.63) is 58.1 Å². The van der Waals surface area contributed by atoms with Gasteiger partial charge in [-0.2, -0.15) is 0 Å². The molecule has 1 aliphatic heterocycles. The van der Waals surface area contributed by atoms with Crippen molar-refractivity contribution in [1.29, 1.82) is 0 Å². The molecule has 2 aromatic carbocycles. The van der Waals surface area contributed by atoms with Crippen molar-refractivity contribution in [2.24, 2.45) is 0 Å². The summed E-state index contributed by atoms with van der Waals surface area (Å²) in [7, 11) is 1.53. The van der Waals surface area contributed by atoms with E-state index >= 15 is 0 Å². The molecular weight excluding hydrogens is 426 g/mol. The minimum atomic E-state index is -0.323. The topological polar surface area (TPSA) is 53.6 Å². The summed E-state index contributed by atoms with van der Waals surface area (Å²) < 4.78 is 6.03. The van der Waals surface area contributed by atoms with Crippen LogP contribution in [0.4, 0.5) is 5.69 Å². The first-order valence-corrected chi connectivity index (χ1v) is 10.0. The van der Waals surface area contributed by atoms with E-state index in [0.717, 1.165) is 16.7 Å². The fourth-order valence-corrected chi connectivity index (χ4v) is 3.65. The van der Waals surface area contributed by atoms with Crippen LogP contribution in [-0.2, 0) is 6.54 Å². The van der Waals surface area contributed by atoms with Gasteiger partial charge in [-0.25, -0.2) is 0 Å². The lowest BCUT2D eigenvalue weighted by Gasteiger charge is -2.15. The summed E-state index contributed by atoms with van der Waals surface area (Å²) in [4.78, 5) is 14.9.